The fourth-order valence-electron chi connectivity index (χ4n) is 6.92. The normalized spacial score (nSPS) is 18.4. The Morgan fingerprint density at radius 1 is 0.980 bits per heavy atom. The van der Waals surface area contributed by atoms with Gasteiger partial charge >= 0.3 is 18.2 Å². The van der Waals surface area contributed by atoms with Crippen LogP contribution in [0.15, 0.2) is 54.7 Å². The summed E-state index contributed by atoms with van der Waals surface area (Å²) in [4.78, 5) is 66.2. The molecule has 1 aliphatic carbocycles. The molecule has 4 aromatic rings. The lowest BCUT2D eigenvalue weighted by atomic mass is 9.99. The van der Waals surface area contributed by atoms with Crippen molar-refractivity contribution < 1.29 is 33.1 Å². The summed E-state index contributed by atoms with van der Waals surface area (Å²) in [7, 11) is 0. The van der Waals surface area contributed by atoms with Crippen molar-refractivity contribution in [1.29, 1.82) is 0 Å². The third-order valence-corrected chi connectivity index (χ3v) is 10.2. The van der Waals surface area contributed by atoms with Gasteiger partial charge in [0.2, 0.25) is 5.91 Å². The molecule has 0 radical (unpaired) electrons. The molecule has 4 aliphatic rings. The van der Waals surface area contributed by atoms with E-state index in [1.165, 1.54) is 32.8 Å². The molecule has 0 bridgehead atoms. The molecule has 6 amide bonds. The van der Waals surface area contributed by atoms with Crippen molar-refractivity contribution in [2.75, 3.05) is 41.8 Å². The molecule has 262 valence electrons. The number of carbonyl (C=O) groups is 5. The van der Waals surface area contributed by atoms with Crippen molar-refractivity contribution in [2.45, 2.75) is 31.8 Å². The van der Waals surface area contributed by atoms with Crippen LogP contribution in [0.2, 0.25) is 5.02 Å². The summed E-state index contributed by atoms with van der Waals surface area (Å²) in [6, 6.07) is 10.3. The lowest BCUT2D eigenvalue weighted by Crippen LogP contribution is -2.60. The van der Waals surface area contributed by atoms with Gasteiger partial charge in [0.05, 0.1) is 28.5 Å². The summed E-state index contributed by atoms with van der Waals surface area (Å²) >= 11 is 6.60. The second kappa shape index (κ2) is 12.6. The van der Waals surface area contributed by atoms with Crippen molar-refractivity contribution in [2.24, 2.45) is 11.7 Å². The smallest absolute Gasteiger partial charge is 0.411 e. The van der Waals surface area contributed by atoms with Crippen LogP contribution < -0.4 is 26.6 Å². The SMILES string of the molecule is NC(=O)n1cc(N2CCN3CC[C@@H](C(=O)Nc4cccc(-c5ccc6c(c5Cl)CNC6=O)c4F)N3C2=O)c2ccc(NC(=O)OCC3CC3)cc21. The Kier molecular flexibility index (Phi) is 8.03. The van der Waals surface area contributed by atoms with Crippen LogP contribution >= 0.6 is 11.6 Å². The molecule has 14 nitrogen and oxygen atoms in total. The molecule has 3 aromatic carbocycles. The van der Waals surface area contributed by atoms with Crippen LogP contribution in [0.1, 0.15) is 35.2 Å². The molecule has 0 spiro atoms. The Hall–Kier alpha value is -5.67. The van der Waals surface area contributed by atoms with Gasteiger partial charge in [-0.3, -0.25) is 24.4 Å². The predicted molar refractivity (Wildman–Crippen MR) is 186 cm³/mol. The molecule has 2 saturated heterocycles. The zero-order valence-corrected chi connectivity index (χ0v) is 27.8. The summed E-state index contributed by atoms with van der Waals surface area (Å²) in [5.74, 6) is -1.15. The average Bonchev–Trinajstić information content (AvgIpc) is 3.52. The number of fused-ring (bicyclic) bond motifs is 3. The Balaban J connectivity index is 1.03. The van der Waals surface area contributed by atoms with Gasteiger partial charge in [0.25, 0.3) is 5.91 Å². The average molecular weight is 715 g/mol. The van der Waals surface area contributed by atoms with Gasteiger partial charge in [0, 0.05) is 65.7 Å². The minimum Gasteiger partial charge on any atom is -0.449 e. The first-order chi connectivity index (χ1) is 24.6. The van der Waals surface area contributed by atoms with Crippen molar-refractivity contribution in [3.05, 3.63) is 76.7 Å². The van der Waals surface area contributed by atoms with Crippen LogP contribution in [-0.2, 0) is 16.1 Å². The lowest BCUT2D eigenvalue weighted by molar-refractivity contribution is -0.122. The van der Waals surface area contributed by atoms with Crippen LogP contribution in [0.5, 0.6) is 0 Å². The van der Waals surface area contributed by atoms with Gasteiger partial charge in [-0.15, -0.1) is 0 Å². The molecule has 1 atom stereocenters. The number of hydrogen-bond acceptors (Lipinski definition) is 7. The van der Waals surface area contributed by atoms with E-state index in [0.29, 0.717) is 71.0 Å². The zero-order chi connectivity index (χ0) is 35.6. The quantitative estimate of drug-likeness (QED) is 0.206. The van der Waals surface area contributed by atoms with E-state index in [-0.39, 0.29) is 35.3 Å². The van der Waals surface area contributed by atoms with Gasteiger partial charge in [-0.05, 0) is 55.5 Å². The number of primary amides is 1. The number of rotatable bonds is 7. The van der Waals surface area contributed by atoms with Gasteiger partial charge in [-0.2, -0.15) is 0 Å². The highest BCUT2D eigenvalue weighted by molar-refractivity contribution is 6.35. The number of ether oxygens (including phenoxy) is 1. The third kappa shape index (κ3) is 5.77. The first-order valence-electron chi connectivity index (χ1n) is 16.5. The predicted octanol–water partition coefficient (Wildman–Crippen LogP) is 5.10. The maximum atomic E-state index is 16.0. The summed E-state index contributed by atoms with van der Waals surface area (Å²) in [6.07, 6.45) is 3.21. The molecule has 0 unspecified atom stereocenters. The highest BCUT2D eigenvalue weighted by atomic mass is 35.5. The summed E-state index contributed by atoms with van der Waals surface area (Å²) in [5, 5.41) is 11.9. The molecule has 51 heavy (non-hydrogen) atoms. The maximum absolute atomic E-state index is 16.0. The Bertz CT molecular complexity index is 2170. The van der Waals surface area contributed by atoms with Gasteiger partial charge < -0.3 is 21.1 Å². The fraction of sp³-hybridized carbons (Fsp3) is 0.286. The third-order valence-electron chi connectivity index (χ3n) is 9.74. The Morgan fingerprint density at radius 3 is 2.57 bits per heavy atom. The molecule has 3 fully saturated rings. The number of nitrogens with zero attached hydrogens (tertiary/aromatic N) is 4. The number of anilines is 3. The first-order valence-corrected chi connectivity index (χ1v) is 16.9. The highest BCUT2D eigenvalue weighted by Gasteiger charge is 2.45. The largest absolute Gasteiger partial charge is 0.449 e. The van der Waals surface area contributed by atoms with Gasteiger partial charge in [0.1, 0.15) is 6.04 Å². The second-order valence-electron chi connectivity index (χ2n) is 13.0. The maximum Gasteiger partial charge on any atom is 0.411 e. The van der Waals surface area contributed by atoms with Crippen molar-refractivity contribution >= 4 is 69.5 Å². The van der Waals surface area contributed by atoms with E-state index < -0.39 is 35.9 Å². The highest BCUT2D eigenvalue weighted by Crippen LogP contribution is 2.39. The van der Waals surface area contributed by atoms with Crippen molar-refractivity contribution in [1.82, 2.24) is 19.9 Å². The van der Waals surface area contributed by atoms with E-state index >= 15 is 4.39 Å². The molecule has 16 heteroatoms. The molecular formula is C35H32ClFN8O6. The standard InChI is InChI=1S/C35H32ClFN8O6/c36-29-20(8-9-22-24(29)15-39-31(22)46)21-2-1-3-25(30(21)37)41-32(47)26-10-11-42-12-13-43(35(50)45(26)42)28-16-44(33(38)48)27-14-19(6-7-23(27)28)40-34(49)51-17-18-4-5-18/h1-3,6-9,14,16,18,26H,4-5,10-13,15,17H2,(H2,38,48)(H,39,46)(H,40,49)(H,41,47)/t26-/m0/s1. The van der Waals surface area contributed by atoms with E-state index in [1.807, 2.05) is 0 Å². The molecule has 4 heterocycles. The molecule has 1 aromatic heterocycles. The van der Waals surface area contributed by atoms with Crippen LogP contribution in [-0.4, -0.2) is 76.8 Å². The number of carbonyl (C=O) groups excluding carboxylic acids is 5. The number of nitrogens with two attached hydrogens (primary N) is 1. The summed E-state index contributed by atoms with van der Waals surface area (Å²) in [5.41, 5.74) is 8.28. The first kappa shape index (κ1) is 32.5. The van der Waals surface area contributed by atoms with Crippen molar-refractivity contribution in [3.8, 4) is 11.1 Å². The molecule has 3 aliphatic heterocycles. The van der Waals surface area contributed by atoms with E-state index in [2.05, 4.69) is 16.0 Å². The summed E-state index contributed by atoms with van der Waals surface area (Å²) in [6.45, 7) is 1.65. The van der Waals surface area contributed by atoms with E-state index in [9.17, 15) is 24.0 Å². The second-order valence-corrected chi connectivity index (χ2v) is 13.3. The van der Waals surface area contributed by atoms with E-state index in [0.717, 1.165) is 12.8 Å². The lowest BCUT2D eigenvalue weighted by Gasteiger charge is -2.41. The van der Waals surface area contributed by atoms with Gasteiger partial charge in [-0.25, -0.2) is 28.8 Å². The Morgan fingerprint density at radius 2 is 1.78 bits per heavy atom. The van der Waals surface area contributed by atoms with Crippen LogP contribution in [0.4, 0.5) is 35.8 Å². The number of nitrogens with one attached hydrogen (secondary N) is 3. The number of hydrogen-bond donors (Lipinski definition) is 4. The zero-order valence-electron chi connectivity index (χ0n) is 27.1. The number of benzene rings is 3. The Labute approximate surface area is 295 Å². The van der Waals surface area contributed by atoms with Crippen molar-refractivity contribution in [3.63, 3.8) is 0 Å². The van der Waals surface area contributed by atoms with Crippen LogP contribution in [0, 0.1) is 11.7 Å². The molecule has 8 rings (SSSR count). The number of aromatic nitrogens is 1. The van der Waals surface area contributed by atoms with Crippen LogP contribution in [0.3, 0.4) is 0 Å². The van der Waals surface area contributed by atoms with E-state index in [4.69, 9.17) is 22.1 Å². The van der Waals surface area contributed by atoms with E-state index in [1.54, 1.807) is 41.4 Å². The number of hydrazine groups is 1. The summed E-state index contributed by atoms with van der Waals surface area (Å²) < 4.78 is 22.4. The minimum absolute atomic E-state index is 0.0894. The molecular weight excluding hydrogens is 683 g/mol. The van der Waals surface area contributed by atoms with Crippen LogP contribution in [0.25, 0.3) is 22.0 Å². The molecule has 1 saturated carbocycles. The van der Waals surface area contributed by atoms with Gasteiger partial charge in [-0.1, -0.05) is 29.8 Å². The fourth-order valence-corrected chi connectivity index (χ4v) is 7.25. The number of halogens is 2. The minimum atomic E-state index is -0.953. The monoisotopic (exact) mass is 714 g/mol. The number of urea groups is 1. The topological polar surface area (TPSA) is 171 Å². The van der Waals surface area contributed by atoms with Gasteiger partial charge in [0.15, 0.2) is 5.82 Å². The molecule has 5 N–H and O–H groups in total. The number of amides is 6.